The van der Waals surface area contributed by atoms with Crippen LogP contribution in [-0.2, 0) is 11.3 Å². The van der Waals surface area contributed by atoms with Crippen molar-refractivity contribution >= 4 is 5.97 Å². The summed E-state index contributed by atoms with van der Waals surface area (Å²) in [5.41, 5.74) is 5.91. The minimum absolute atomic E-state index is 0.0527. The molecule has 0 amide bonds. The molecule has 14 heavy (non-hydrogen) atoms. The number of rotatable bonds is 4. The molecule has 0 aliphatic carbocycles. The van der Waals surface area contributed by atoms with E-state index in [1.54, 1.807) is 6.20 Å². The zero-order valence-corrected chi connectivity index (χ0v) is 7.55. The predicted octanol–water partition coefficient (Wildman–Crippen LogP) is -0.357. The lowest BCUT2D eigenvalue weighted by atomic mass is 10.0. The lowest BCUT2D eigenvalue weighted by molar-refractivity contribution is -0.138. The standard InChI is InChI=1S/C9H11N3O2/c1-2-3-12-6-7(5-11-12)8(4-10)9(13)14/h1,5-6,8H,3-4,10H2,(H,13,14). The lowest BCUT2D eigenvalue weighted by Crippen LogP contribution is -2.20. The second kappa shape index (κ2) is 4.44. The van der Waals surface area contributed by atoms with Gasteiger partial charge in [0, 0.05) is 18.3 Å². The van der Waals surface area contributed by atoms with Crippen molar-refractivity contribution in [3.8, 4) is 12.3 Å². The van der Waals surface area contributed by atoms with Crippen molar-refractivity contribution in [1.29, 1.82) is 0 Å². The van der Waals surface area contributed by atoms with Gasteiger partial charge in [0.05, 0.1) is 12.1 Å². The van der Waals surface area contributed by atoms with Gasteiger partial charge in [0.1, 0.15) is 6.54 Å². The maximum absolute atomic E-state index is 10.7. The number of carboxylic acids is 1. The monoisotopic (exact) mass is 193 g/mol. The number of nitrogens with zero attached hydrogens (tertiary/aromatic N) is 2. The predicted molar refractivity (Wildman–Crippen MR) is 50.5 cm³/mol. The molecule has 0 spiro atoms. The number of nitrogens with two attached hydrogens (primary N) is 1. The number of hydrogen-bond acceptors (Lipinski definition) is 3. The van der Waals surface area contributed by atoms with Crippen LogP contribution in [0.25, 0.3) is 0 Å². The van der Waals surface area contributed by atoms with Gasteiger partial charge >= 0.3 is 5.97 Å². The lowest BCUT2D eigenvalue weighted by Gasteiger charge is -2.05. The second-order valence-electron chi connectivity index (χ2n) is 2.80. The number of aromatic nitrogens is 2. The van der Waals surface area contributed by atoms with Crippen molar-refractivity contribution in [2.24, 2.45) is 5.73 Å². The summed E-state index contributed by atoms with van der Waals surface area (Å²) in [7, 11) is 0. The van der Waals surface area contributed by atoms with E-state index in [-0.39, 0.29) is 6.54 Å². The molecule has 74 valence electrons. The summed E-state index contributed by atoms with van der Waals surface area (Å²) in [6, 6.07) is 0. The first-order valence-corrected chi connectivity index (χ1v) is 4.07. The van der Waals surface area contributed by atoms with Gasteiger partial charge in [-0.3, -0.25) is 9.48 Å². The molecular weight excluding hydrogens is 182 g/mol. The van der Waals surface area contributed by atoms with Gasteiger partial charge in [-0.1, -0.05) is 5.92 Å². The third-order valence-electron chi connectivity index (χ3n) is 1.84. The van der Waals surface area contributed by atoms with E-state index in [1.807, 2.05) is 0 Å². The molecule has 1 unspecified atom stereocenters. The fourth-order valence-electron chi connectivity index (χ4n) is 1.12. The van der Waals surface area contributed by atoms with Crippen LogP contribution < -0.4 is 5.73 Å². The summed E-state index contributed by atoms with van der Waals surface area (Å²) in [6.07, 6.45) is 8.16. The summed E-state index contributed by atoms with van der Waals surface area (Å²) >= 11 is 0. The number of terminal acetylenes is 1. The molecule has 0 aliphatic rings. The Balaban J connectivity index is 2.85. The first-order chi connectivity index (χ1) is 6.69. The number of aliphatic carboxylic acids is 1. The van der Waals surface area contributed by atoms with E-state index in [4.69, 9.17) is 17.3 Å². The molecule has 5 heteroatoms. The van der Waals surface area contributed by atoms with Crippen LogP contribution in [0, 0.1) is 12.3 Å². The van der Waals surface area contributed by atoms with E-state index < -0.39 is 11.9 Å². The van der Waals surface area contributed by atoms with Crippen molar-refractivity contribution in [2.45, 2.75) is 12.5 Å². The van der Waals surface area contributed by atoms with Crippen LogP contribution in [-0.4, -0.2) is 27.4 Å². The van der Waals surface area contributed by atoms with Crippen LogP contribution in [0.1, 0.15) is 11.5 Å². The highest BCUT2D eigenvalue weighted by Gasteiger charge is 2.19. The highest BCUT2D eigenvalue weighted by atomic mass is 16.4. The Hall–Kier alpha value is -1.80. The van der Waals surface area contributed by atoms with E-state index in [2.05, 4.69) is 11.0 Å². The number of hydrogen-bond donors (Lipinski definition) is 2. The largest absolute Gasteiger partial charge is 0.481 e. The molecule has 0 aromatic carbocycles. The van der Waals surface area contributed by atoms with Gasteiger partial charge in [-0.2, -0.15) is 5.10 Å². The average Bonchev–Trinajstić information content (AvgIpc) is 2.54. The Morgan fingerprint density at radius 3 is 3.07 bits per heavy atom. The molecule has 1 heterocycles. The summed E-state index contributed by atoms with van der Waals surface area (Å²) < 4.78 is 1.50. The highest BCUT2D eigenvalue weighted by molar-refractivity contribution is 5.76. The van der Waals surface area contributed by atoms with E-state index in [0.29, 0.717) is 12.1 Å². The first kappa shape index (κ1) is 10.3. The van der Waals surface area contributed by atoms with Crippen LogP contribution in [0.4, 0.5) is 0 Å². The molecule has 3 N–H and O–H groups in total. The van der Waals surface area contributed by atoms with Gasteiger partial charge < -0.3 is 10.8 Å². The first-order valence-electron chi connectivity index (χ1n) is 4.07. The SMILES string of the molecule is C#CCn1cc(C(CN)C(=O)O)cn1. The maximum atomic E-state index is 10.7. The molecule has 1 aromatic rings. The maximum Gasteiger partial charge on any atom is 0.312 e. The number of carboxylic acid groups (broad SMARTS) is 1. The van der Waals surface area contributed by atoms with Gasteiger partial charge in [0.15, 0.2) is 0 Å². The minimum atomic E-state index is -0.951. The Kier molecular flexibility index (Phi) is 3.26. The van der Waals surface area contributed by atoms with Gasteiger partial charge in [-0.15, -0.1) is 6.42 Å². The van der Waals surface area contributed by atoms with E-state index in [0.717, 1.165) is 0 Å². The summed E-state index contributed by atoms with van der Waals surface area (Å²) in [5, 5.41) is 12.7. The molecule has 0 radical (unpaired) electrons. The van der Waals surface area contributed by atoms with E-state index >= 15 is 0 Å². The molecule has 0 aliphatic heterocycles. The van der Waals surface area contributed by atoms with Gasteiger partial charge in [0.2, 0.25) is 0 Å². The molecule has 0 bridgehead atoms. The molecule has 0 saturated heterocycles. The van der Waals surface area contributed by atoms with E-state index in [1.165, 1.54) is 10.9 Å². The molecule has 1 atom stereocenters. The van der Waals surface area contributed by atoms with Crippen LogP contribution >= 0.6 is 0 Å². The minimum Gasteiger partial charge on any atom is -0.481 e. The Labute approximate surface area is 81.5 Å². The van der Waals surface area contributed by atoms with Crippen LogP contribution in [0.3, 0.4) is 0 Å². The third-order valence-corrected chi connectivity index (χ3v) is 1.84. The molecule has 1 rings (SSSR count). The van der Waals surface area contributed by atoms with E-state index in [9.17, 15) is 4.79 Å². The topological polar surface area (TPSA) is 81.1 Å². The summed E-state index contributed by atoms with van der Waals surface area (Å²) in [5.74, 6) is 0.747. The molecule has 1 aromatic heterocycles. The second-order valence-corrected chi connectivity index (χ2v) is 2.80. The zero-order chi connectivity index (χ0) is 10.6. The summed E-state index contributed by atoms with van der Waals surface area (Å²) in [6.45, 7) is 0.383. The molecule has 0 fully saturated rings. The van der Waals surface area contributed by atoms with Gasteiger partial charge in [-0.05, 0) is 0 Å². The fraction of sp³-hybridized carbons (Fsp3) is 0.333. The fourth-order valence-corrected chi connectivity index (χ4v) is 1.12. The quantitative estimate of drug-likeness (QED) is 0.640. The average molecular weight is 193 g/mol. The molecular formula is C9H11N3O2. The molecule has 0 saturated carbocycles. The highest BCUT2D eigenvalue weighted by Crippen LogP contribution is 2.13. The van der Waals surface area contributed by atoms with Crippen molar-refractivity contribution in [2.75, 3.05) is 6.54 Å². The Morgan fingerprint density at radius 2 is 2.57 bits per heavy atom. The number of carbonyl (C=O) groups is 1. The van der Waals surface area contributed by atoms with Crippen LogP contribution in [0.15, 0.2) is 12.4 Å². The van der Waals surface area contributed by atoms with Crippen LogP contribution in [0.5, 0.6) is 0 Å². The van der Waals surface area contributed by atoms with Crippen molar-refractivity contribution in [3.05, 3.63) is 18.0 Å². The van der Waals surface area contributed by atoms with Gasteiger partial charge in [-0.25, -0.2) is 0 Å². The van der Waals surface area contributed by atoms with Crippen molar-refractivity contribution in [1.82, 2.24) is 9.78 Å². The smallest absolute Gasteiger partial charge is 0.312 e. The Bertz CT molecular complexity index is 364. The zero-order valence-electron chi connectivity index (χ0n) is 7.55. The van der Waals surface area contributed by atoms with Gasteiger partial charge in [0.25, 0.3) is 0 Å². The van der Waals surface area contributed by atoms with Crippen molar-refractivity contribution in [3.63, 3.8) is 0 Å². The summed E-state index contributed by atoms with van der Waals surface area (Å²) in [4.78, 5) is 10.7. The molecule has 5 nitrogen and oxygen atoms in total. The Morgan fingerprint density at radius 1 is 1.86 bits per heavy atom. The third kappa shape index (κ3) is 2.12. The van der Waals surface area contributed by atoms with Crippen LogP contribution in [0.2, 0.25) is 0 Å². The van der Waals surface area contributed by atoms with Crippen molar-refractivity contribution < 1.29 is 9.90 Å². The normalized spacial score (nSPS) is 12.0.